The summed E-state index contributed by atoms with van der Waals surface area (Å²) in [5, 5.41) is 0. The van der Waals surface area contributed by atoms with Crippen LogP contribution in [0.5, 0.6) is 0 Å². The number of Topliss-reactive ketones (excluding diaryl/α,β-unsaturated/α-hetero) is 1. The minimum absolute atomic E-state index is 0.0613. The molecule has 5 nitrogen and oxygen atoms in total. The van der Waals surface area contributed by atoms with Gasteiger partial charge in [-0.3, -0.25) is 9.59 Å². The number of hydrogen-bond acceptors (Lipinski definition) is 5. The molecule has 6 fully saturated rings. The first-order valence-corrected chi connectivity index (χ1v) is 14.1. The first-order valence-electron chi connectivity index (χ1n) is 14.1. The SMILES string of the molecule is CC(=O)O[C@@H]1CC[C@]2(C)C3CC(=O)[C@@]4(C)C(C[C@@H]5O[C@]6(CC[C@@H](C)CO6)[C@@H](C)C54)[C@@H]3CC[C@H]2C1. The van der Waals surface area contributed by atoms with Gasteiger partial charge in [-0.05, 0) is 80.0 Å². The quantitative estimate of drug-likeness (QED) is 0.469. The maximum Gasteiger partial charge on any atom is 0.302 e. The molecule has 1 spiro atoms. The van der Waals surface area contributed by atoms with E-state index in [-0.39, 0.29) is 40.8 Å². The molecule has 0 N–H and O–H groups in total. The van der Waals surface area contributed by atoms with E-state index in [1.54, 1.807) is 0 Å². The van der Waals surface area contributed by atoms with E-state index < -0.39 is 5.79 Å². The standard InChI is InChI=1S/C29H44O5/c1-16-8-11-29(32-15-16)17(2)26-24(34-29)13-23-21-7-6-19-12-20(33-18(3)30)9-10-27(19,4)22(21)14-25(31)28(23,26)5/h16-17,19-24,26H,6-15H2,1-5H3/t16-,17+,19+,20-,21-,22?,23?,24+,26?,27+,28-,29-/m1/s1. The second-order valence-corrected chi connectivity index (χ2v) is 13.5. The molecule has 0 radical (unpaired) electrons. The van der Waals surface area contributed by atoms with Crippen LogP contribution in [0.15, 0.2) is 0 Å². The van der Waals surface area contributed by atoms with E-state index in [2.05, 4.69) is 27.7 Å². The van der Waals surface area contributed by atoms with E-state index in [0.29, 0.717) is 35.4 Å². The van der Waals surface area contributed by atoms with Crippen molar-refractivity contribution in [2.24, 2.45) is 52.3 Å². The molecule has 4 aliphatic carbocycles. The maximum absolute atomic E-state index is 14.1. The van der Waals surface area contributed by atoms with Crippen molar-refractivity contribution in [2.75, 3.05) is 6.61 Å². The normalized spacial score (nSPS) is 56.4. The molecule has 6 aliphatic rings. The van der Waals surface area contributed by atoms with Crippen LogP contribution >= 0.6 is 0 Å². The molecule has 0 aromatic carbocycles. The Morgan fingerprint density at radius 2 is 1.82 bits per heavy atom. The third-order valence-corrected chi connectivity index (χ3v) is 12.1. The van der Waals surface area contributed by atoms with Gasteiger partial charge in [0.15, 0.2) is 5.79 Å². The summed E-state index contributed by atoms with van der Waals surface area (Å²) in [6, 6.07) is 0. The Morgan fingerprint density at radius 3 is 2.53 bits per heavy atom. The summed E-state index contributed by atoms with van der Waals surface area (Å²) < 4.78 is 18.8. The van der Waals surface area contributed by atoms with Gasteiger partial charge < -0.3 is 14.2 Å². The fourth-order valence-electron chi connectivity index (χ4n) is 10.3. The van der Waals surface area contributed by atoms with Crippen molar-refractivity contribution in [3.8, 4) is 0 Å². The summed E-state index contributed by atoms with van der Waals surface area (Å²) >= 11 is 0. The molecule has 34 heavy (non-hydrogen) atoms. The number of hydrogen-bond donors (Lipinski definition) is 0. The van der Waals surface area contributed by atoms with Crippen molar-refractivity contribution in [3.05, 3.63) is 0 Å². The number of ether oxygens (including phenoxy) is 3. The number of rotatable bonds is 1. The van der Waals surface area contributed by atoms with Crippen molar-refractivity contribution in [1.29, 1.82) is 0 Å². The van der Waals surface area contributed by atoms with Crippen LogP contribution in [-0.4, -0.2) is 36.4 Å². The first kappa shape index (κ1) is 23.5. The molecule has 0 aromatic rings. The van der Waals surface area contributed by atoms with Gasteiger partial charge in [-0.1, -0.05) is 27.7 Å². The highest BCUT2D eigenvalue weighted by Crippen LogP contribution is 2.70. The largest absolute Gasteiger partial charge is 0.463 e. The third kappa shape index (κ3) is 3.11. The molecular formula is C29H44O5. The Morgan fingerprint density at radius 1 is 1.03 bits per heavy atom. The number of ketones is 1. The molecule has 3 unspecified atom stereocenters. The molecule has 2 aliphatic heterocycles. The van der Waals surface area contributed by atoms with Gasteiger partial charge >= 0.3 is 5.97 Å². The van der Waals surface area contributed by atoms with Crippen LogP contribution in [0.2, 0.25) is 0 Å². The monoisotopic (exact) mass is 472 g/mol. The van der Waals surface area contributed by atoms with E-state index in [1.165, 1.54) is 19.8 Å². The molecule has 2 heterocycles. The highest BCUT2D eigenvalue weighted by atomic mass is 16.7. The molecule has 0 aromatic heterocycles. The molecule has 0 amide bonds. The van der Waals surface area contributed by atoms with E-state index in [0.717, 1.165) is 51.6 Å². The molecule has 0 bridgehead atoms. The zero-order chi connectivity index (χ0) is 24.0. The molecule has 190 valence electrons. The first-order chi connectivity index (χ1) is 16.1. The third-order valence-electron chi connectivity index (χ3n) is 12.1. The van der Waals surface area contributed by atoms with Crippen LogP contribution in [-0.2, 0) is 23.8 Å². The molecule has 12 atom stereocenters. The van der Waals surface area contributed by atoms with Crippen molar-refractivity contribution < 1.29 is 23.8 Å². The highest BCUT2D eigenvalue weighted by molar-refractivity contribution is 5.87. The lowest BCUT2D eigenvalue weighted by Gasteiger charge is -2.60. The predicted molar refractivity (Wildman–Crippen MR) is 128 cm³/mol. The number of carbonyl (C=O) groups is 2. The van der Waals surface area contributed by atoms with Gasteiger partial charge in [-0.25, -0.2) is 0 Å². The van der Waals surface area contributed by atoms with Gasteiger partial charge in [0.05, 0.1) is 12.7 Å². The van der Waals surface area contributed by atoms with Crippen LogP contribution in [0.3, 0.4) is 0 Å². The van der Waals surface area contributed by atoms with Crippen LogP contribution in [0.4, 0.5) is 0 Å². The Labute approximate surface area is 205 Å². The lowest BCUT2D eigenvalue weighted by molar-refractivity contribution is -0.272. The summed E-state index contributed by atoms with van der Waals surface area (Å²) in [5.41, 5.74) is -0.0934. The van der Waals surface area contributed by atoms with Gasteiger partial charge in [0, 0.05) is 37.0 Å². The summed E-state index contributed by atoms with van der Waals surface area (Å²) in [5.74, 6) is 3.07. The Bertz CT molecular complexity index is 861. The number of carbonyl (C=O) groups excluding carboxylic acids is 2. The summed E-state index contributed by atoms with van der Waals surface area (Å²) in [6.45, 7) is 11.6. The zero-order valence-electron chi connectivity index (χ0n) is 21.8. The van der Waals surface area contributed by atoms with Crippen LogP contribution in [0.25, 0.3) is 0 Å². The fourth-order valence-corrected chi connectivity index (χ4v) is 10.3. The van der Waals surface area contributed by atoms with E-state index in [4.69, 9.17) is 14.2 Å². The zero-order valence-corrected chi connectivity index (χ0v) is 21.8. The lowest BCUT2D eigenvalue weighted by Crippen LogP contribution is -2.58. The van der Waals surface area contributed by atoms with Gasteiger partial charge in [0.2, 0.25) is 0 Å². The van der Waals surface area contributed by atoms with Gasteiger partial charge in [-0.15, -0.1) is 0 Å². The van der Waals surface area contributed by atoms with Crippen molar-refractivity contribution in [1.82, 2.24) is 0 Å². The fraction of sp³-hybridized carbons (Fsp3) is 0.931. The minimum Gasteiger partial charge on any atom is -0.463 e. The number of esters is 1. The van der Waals surface area contributed by atoms with Crippen LogP contribution < -0.4 is 0 Å². The second kappa shape index (κ2) is 7.78. The summed E-state index contributed by atoms with van der Waals surface area (Å²) in [4.78, 5) is 25.7. The summed E-state index contributed by atoms with van der Waals surface area (Å²) in [7, 11) is 0. The van der Waals surface area contributed by atoms with Gasteiger partial charge in [0.25, 0.3) is 0 Å². The molecule has 5 heteroatoms. The molecule has 6 rings (SSSR count). The van der Waals surface area contributed by atoms with E-state index >= 15 is 0 Å². The number of fused-ring (bicyclic) bond motifs is 7. The van der Waals surface area contributed by atoms with Crippen molar-refractivity contribution in [2.45, 2.75) is 110 Å². The Kier molecular flexibility index (Phi) is 5.37. The Hall–Kier alpha value is -0.940. The smallest absolute Gasteiger partial charge is 0.302 e. The van der Waals surface area contributed by atoms with Crippen LogP contribution in [0.1, 0.15) is 92.4 Å². The van der Waals surface area contributed by atoms with Crippen molar-refractivity contribution in [3.63, 3.8) is 0 Å². The minimum atomic E-state index is -0.467. The average molecular weight is 473 g/mol. The second-order valence-electron chi connectivity index (χ2n) is 13.5. The maximum atomic E-state index is 14.1. The molecule has 4 saturated carbocycles. The highest BCUT2D eigenvalue weighted by Gasteiger charge is 2.71. The van der Waals surface area contributed by atoms with E-state index in [9.17, 15) is 9.59 Å². The predicted octanol–water partition coefficient (Wildman–Crippen LogP) is 5.54. The lowest BCUT2D eigenvalue weighted by atomic mass is 9.44. The van der Waals surface area contributed by atoms with Crippen molar-refractivity contribution >= 4 is 11.8 Å². The molecule has 2 saturated heterocycles. The van der Waals surface area contributed by atoms with E-state index in [1.807, 2.05) is 0 Å². The van der Waals surface area contributed by atoms with Gasteiger partial charge in [-0.2, -0.15) is 0 Å². The Balaban J connectivity index is 1.25. The average Bonchev–Trinajstić information content (AvgIpc) is 3.23. The van der Waals surface area contributed by atoms with Crippen LogP contribution in [0, 0.1) is 52.3 Å². The summed E-state index contributed by atoms with van der Waals surface area (Å²) in [6.07, 6.45) is 9.47. The topological polar surface area (TPSA) is 61.8 Å². The van der Waals surface area contributed by atoms with Gasteiger partial charge in [0.1, 0.15) is 11.9 Å². The molecular weight excluding hydrogens is 428 g/mol.